The molecule has 2 fully saturated rings. The maximum Gasteiger partial charge on any atom is 0.330 e. The molecule has 3 rings (SSSR count). The van der Waals surface area contributed by atoms with E-state index in [4.69, 9.17) is 23.4 Å². The van der Waals surface area contributed by atoms with Gasteiger partial charge in [-0.3, -0.25) is 9.59 Å². The first kappa shape index (κ1) is 31.5. The Morgan fingerprint density at radius 3 is 2.75 bits per heavy atom. The van der Waals surface area contributed by atoms with Crippen molar-refractivity contribution in [3.63, 3.8) is 0 Å². The van der Waals surface area contributed by atoms with Crippen molar-refractivity contribution in [3.8, 4) is 0 Å². The van der Waals surface area contributed by atoms with Gasteiger partial charge in [-0.2, -0.15) is 0 Å². The van der Waals surface area contributed by atoms with Crippen molar-refractivity contribution in [2.45, 2.75) is 115 Å². The summed E-state index contributed by atoms with van der Waals surface area (Å²) < 4.78 is 28.8. The van der Waals surface area contributed by atoms with Crippen LogP contribution >= 0.6 is 0 Å². The van der Waals surface area contributed by atoms with Crippen molar-refractivity contribution < 1.29 is 37.7 Å². The molecule has 2 bridgehead atoms. The largest absolute Gasteiger partial charge is 0.462 e. The van der Waals surface area contributed by atoms with Crippen molar-refractivity contribution in [1.82, 2.24) is 10.3 Å². The van der Waals surface area contributed by atoms with Gasteiger partial charge in [-0.25, -0.2) is 9.78 Å². The quantitative estimate of drug-likeness (QED) is 0.308. The van der Waals surface area contributed by atoms with Crippen LogP contribution in [0.2, 0.25) is 0 Å². The summed E-state index contributed by atoms with van der Waals surface area (Å²) in [6, 6.07) is 0. The van der Waals surface area contributed by atoms with Gasteiger partial charge >= 0.3 is 11.9 Å². The fraction of sp³-hybridized carbons (Fsp3) is 0.667. The molecule has 1 amide bonds. The number of rotatable bonds is 11. The molecule has 2 aliphatic heterocycles. The number of cyclic esters (lactones) is 1. The van der Waals surface area contributed by atoms with Gasteiger partial charge in [-0.1, -0.05) is 25.5 Å². The van der Waals surface area contributed by atoms with Gasteiger partial charge in [0, 0.05) is 45.9 Å². The monoisotopic (exact) mass is 560 g/mol. The molecule has 0 spiro atoms. The zero-order valence-corrected chi connectivity index (χ0v) is 24.0. The van der Waals surface area contributed by atoms with Crippen LogP contribution in [-0.2, 0) is 39.8 Å². The van der Waals surface area contributed by atoms with Gasteiger partial charge in [-0.15, -0.1) is 0 Å². The van der Waals surface area contributed by atoms with Gasteiger partial charge in [0.2, 0.25) is 11.8 Å². The summed E-state index contributed by atoms with van der Waals surface area (Å²) in [4.78, 5) is 40.5. The predicted molar refractivity (Wildman–Crippen MR) is 148 cm³/mol. The maximum absolute atomic E-state index is 12.7. The van der Waals surface area contributed by atoms with E-state index < -0.39 is 5.97 Å². The molecule has 0 aliphatic carbocycles. The highest BCUT2D eigenvalue weighted by atomic mass is 16.6. The highest BCUT2D eigenvalue weighted by Gasteiger charge is 2.34. The molecule has 5 atom stereocenters. The number of aryl methyl sites for hydroxylation is 1. The average Bonchev–Trinajstić information content (AvgIpc) is 3.35. The Morgan fingerprint density at radius 1 is 1.15 bits per heavy atom. The van der Waals surface area contributed by atoms with Crippen molar-refractivity contribution >= 4 is 23.9 Å². The van der Waals surface area contributed by atoms with E-state index in [0.29, 0.717) is 44.5 Å². The summed E-state index contributed by atoms with van der Waals surface area (Å²) in [5, 5.41) is 2.66. The maximum atomic E-state index is 12.7. The first-order valence-electron chi connectivity index (χ1n) is 14.4. The Labute approximate surface area is 236 Å². The molecule has 2 aliphatic rings. The molecule has 3 heterocycles. The minimum absolute atomic E-state index is 0.0391. The Balaban J connectivity index is 1.47. The summed E-state index contributed by atoms with van der Waals surface area (Å²) in [7, 11) is 1.70. The molecule has 1 aromatic rings. The number of fused-ring (bicyclic) bond motifs is 2. The van der Waals surface area contributed by atoms with Crippen LogP contribution < -0.4 is 5.32 Å². The van der Waals surface area contributed by atoms with Crippen LogP contribution in [0.15, 0.2) is 28.9 Å². The van der Waals surface area contributed by atoms with E-state index in [-0.39, 0.29) is 48.8 Å². The van der Waals surface area contributed by atoms with E-state index in [0.717, 1.165) is 37.8 Å². The summed E-state index contributed by atoms with van der Waals surface area (Å²) in [6.07, 6.45) is 14.9. The number of amides is 1. The fourth-order valence-corrected chi connectivity index (χ4v) is 5.14. The molecule has 40 heavy (non-hydrogen) atoms. The van der Waals surface area contributed by atoms with Gasteiger partial charge in [0.1, 0.15) is 18.5 Å². The fourth-order valence-electron chi connectivity index (χ4n) is 5.14. The Hall–Kier alpha value is -2.98. The van der Waals surface area contributed by atoms with Crippen LogP contribution in [0.5, 0.6) is 0 Å². The molecule has 1 aromatic heterocycles. The second kappa shape index (κ2) is 17.0. The predicted octanol–water partition coefficient (Wildman–Crippen LogP) is 4.46. The van der Waals surface area contributed by atoms with E-state index in [1.807, 2.05) is 0 Å². The normalized spacial score (nSPS) is 26.2. The van der Waals surface area contributed by atoms with E-state index in [1.54, 1.807) is 31.6 Å². The van der Waals surface area contributed by atoms with Crippen LogP contribution in [0.3, 0.4) is 0 Å². The van der Waals surface area contributed by atoms with E-state index in [9.17, 15) is 14.4 Å². The van der Waals surface area contributed by atoms with Crippen molar-refractivity contribution in [3.05, 3.63) is 36.1 Å². The summed E-state index contributed by atoms with van der Waals surface area (Å²) in [6.45, 7) is 3.94. The van der Waals surface area contributed by atoms with Gasteiger partial charge in [0.15, 0.2) is 0 Å². The first-order valence-corrected chi connectivity index (χ1v) is 14.4. The van der Waals surface area contributed by atoms with E-state index >= 15 is 0 Å². The van der Waals surface area contributed by atoms with Gasteiger partial charge < -0.3 is 28.7 Å². The lowest BCUT2D eigenvalue weighted by Crippen LogP contribution is -2.40. The smallest absolute Gasteiger partial charge is 0.330 e. The summed E-state index contributed by atoms with van der Waals surface area (Å²) in [5.74, 6) is -0.321. The Bertz CT molecular complexity index is 1000. The number of allylic oxidation sites excluding steroid dienone is 1. The second-order valence-corrected chi connectivity index (χ2v) is 10.5. The number of ether oxygens (including phenoxy) is 4. The van der Waals surface area contributed by atoms with Gasteiger partial charge in [0.05, 0.1) is 30.4 Å². The zero-order valence-electron chi connectivity index (χ0n) is 24.0. The molecule has 0 unspecified atom stereocenters. The topological polar surface area (TPSA) is 126 Å². The van der Waals surface area contributed by atoms with Crippen LogP contribution in [-0.4, -0.2) is 67.0 Å². The van der Waals surface area contributed by atoms with Crippen LogP contribution in [0.1, 0.15) is 89.6 Å². The van der Waals surface area contributed by atoms with Crippen LogP contribution in [0.25, 0.3) is 6.08 Å². The summed E-state index contributed by atoms with van der Waals surface area (Å²) >= 11 is 0. The molecule has 0 radical (unpaired) electrons. The lowest BCUT2D eigenvalue weighted by atomic mass is 9.94. The second-order valence-electron chi connectivity index (χ2n) is 10.5. The third kappa shape index (κ3) is 11.6. The van der Waals surface area contributed by atoms with Crippen molar-refractivity contribution in [2.24, 2.45) is 0 Å². The molecule has 0 aromatic carbocycles. The summed E-state index contributed by atoms with van der Waals surface area (Å²) in [5.41, 5.74) is 0.768. The number of carbonyl (C=O) groups is 3. The number of aromatic nitrogens is 1. The van der Waals surface area contributed by atoms with Gasteiger partial charge in [-0.05, 0) is 44.6 Å². The molecular formula is C30H44N2O8. The standard InChI is InChI=1S/C30H44N2O8/c1-4-9-24-16-23(36-3)11-7-12-25-17-26(18-27(38-25)19-30(35)39-24)40-29(34)14-6-5-10-22-20-37-28(32-22)13-8-15-31-21(2)33/h6,8,13-14,20,23-27H,4-5,7,9-12,15-19H2,1-3H3,(H,31,33)/b13-8-,14-6-/t23-,24-,25+,26+,27+/m0/s1. The first-order chi connectivity index (χ1) is 19.3. The number of nitrogens with zero attached hydrogens (tertiary/aromatic N) is 1. The van der Waals surface area contributed by atoms with Gasteiger partial charge in [0.25, 0.3) is 0 Å². The molecule has 10 nitrogen and oxygen atoms in total. The highest BCUT2D eigenvalue weighted by Crippen LogP contribution is 2.29. The number of nitrogens with one attached hydrogen (secondary N) is 1. The van der Waals surface area contributed by atoms with Crippen molar-refractivity contribution in [1.29, 1.82) is 0 Å². The third-order valence-electron chi connectivity index (χ3n) is 7.05. The van der Waals surface area contributed by atoms with Crippen LogP contribution in [0.4, 0.5) is 0 Å². The molecule has 222 valence electrons. The minimum Gasteiger partial charge on any atom is -0.462 e. The minimum atomic E-state index is -0.405. The Kier molecular flexibility index (Phi) is 13.4. The van der Waals surface area contributed by atoms with E-state index in [1.165, 1.54) is 13.0 Å². The zero-order chi connectivity index (χ0) is 28.7. The number of methoxy groups -OCH3 is 1. The number of carbonyl (C=O) groups excluding carboxylic acids is 3. The SMILES string of the molecule is CCC[C@H]1C[C@@H](OC)CCC[C@@H]2C[C@@H](OC(=O)/C=C\CCc3coc(/C=C\CNC(C)=O)n3)C[C@H](CC(=O)O1)O2. The molecule has 2 saturated heterocycles. The van der Waals surface area contributed by atoms with Crippen molar-refractivity contribution in [2.75, 3.05) is 13.7 Å². The number of hydrogen-bond acceptors (Lipinski definition) is 9. The lowest BCUT2D eigenvalue weighted by molar-refractivity contribution is -0.167. The number of oxazole rings is 1. The van der Waals surface area contributed by atoms with E-state index in [2.05, 4.69) is 17.2 Å². The molecule has 1 N–H and O–H groups in total. The Morgan fingerprint density at radius 2 is 1.98 bits per heavy atom. The number of esters is 2. The molecule has 0 saturated carbocycles. The lowest BCUT2D eigenvalue weighted by Gasteiger charge is -2.35. The molecule has 10 heteroatoms. The van der Waals surface area contributed by atoms with Crippen LogP contribution in [0, 0.1) is 0 Å². The third-order valence-corrected chi connectivity index (χ3v) is 7.05. The number of hydrogen-bond donors (Lipinski definition) is 1. The molecular weight excluding hydrogens is 516 g/mol. The highest BCUT2D eigenvalue weighted by molar-refractivity contribution is 5.82. The average molecular weight is 561 g/mol.